The van der Waals surface area contributed by atoms with Gasteiger partial charge >= 0.3 is 0 Å². The molecule has 0 radical (unpaired) electrons. The number of rotatable bonds is 7. The number of fused-ring (bicyclic) bond motifs is 1. The Morgan fingerprint density at radius 1 is 1.03 bits per heavy atom. The minimum atomic E-state index is -1.18. The zero-order valence-electron chi connectivity index (χ0n) is 22.4. The van der Waals surface area contributed by atoms with E-state index in [-0.39, 0.29) is 30.3 Å². The summed E-state index contributed by atoms with van der Waals surface area (Å²) in [6.07, 6.45) is 8.35. The van der Waals surface area contributed by atoms with Crippen LogP contribution in [0.25, 0.3) is 0 Å². The van der Waals surface area contributed by atoms with Gasteiger partial charge in [0, 0.05) is 18.3 Å². The van der Waals surface area contributed by atoms with Crippen LogP contribution < -0.4 is 15.4 Å². The number of amides is 3. The van der Waals surface area contributed by atoms with Gasteiger partial charge < -0.3 is 25.0 Å². The summed E-state index contributed by atoms with van der Waals surface area (Å²) in [5, 5.41) is 6.20. The van der Waals surface area contributed by atoms with Crippen LogP contribution >= 0.6 is 0 Å². The van der Waals surface area contributed by atoms with Crippen LogP contribution in [0.3, 0.4) is 0 Å². The van der Waals surface area contributed by atoms with Crippen molar-refractivity contribution in [2.45, 2.75) is 69.4 Å². The first-order chi connectivity index (χ1) is 18.9. The number of benzene rings is 2. The molecule has 2 N–H and O–H groups in total. The first-order valence-electron chi connectivity index (χ1n) is 13.9. The number of hydrogen-bond donors (Lipinski definition) is 2. The molecule has 1 saturated carbocycles. The molecule has 3 heterocycles. The van der Waals surface area contributed by atoms with Gasteiger partial charge in [-0.25, -0.2) is 0 Å². The van der Waals surface area contributed by atoms with Gasteiger partial charge in [0.05, 0.1) is 25.0 Å². The second kappa shape index (κ2) is 10.2. The Morgan fingerprint density at radius 3 is 2.44 bits per heavy atom. The number of likely N-dealkylation sites (tertiary alicyclic amines) is 1. The molecule has 0 unspecified atom stereocenters. The second-order valence-electron chi connectivity index (χ2n) is 11.2. The summed E-state index contributed by atoms with van der Waals surface area (Å²) >= 11 is 0. The third-order valence-corrected chi connectivity index (χ3v) is 8.71. The van der Waals surface area contributed by atoms with Gasteiger partial charge in [0.2, 0.25) is 17.7 Å². The largest absolute Gasteiger partial charge is 0.497 e. The first kappa shape index (κ1) is 25.6. The minimum Gasteiger partial charge on any atom is -0.497 e. The topological polar surface area (TPSA) is 97.0 Å². The van der Waals surface area contributed by atoms with Crippen molar-refractivity contribution in [1.82, 2.24) is 10.2 Å². The van der Waals surface area contributed by atoms with E-state index in [1.807, 2.05) is 67.6 Å². The summed E-state index contributed by atoms with van der Waals surface area (Å²) in [4.78, 5) is 43.3. The van der Waals surface area contributed by atoms with Crippen molar-refractivity contribution in [3.05, 3.63) is 71.8 Å². The molecule has 1 spiro atoms. The number of aryl methyl sites for hydroxylation is 1. The van der Waals surface area contributed by atoms with Crippen molar-refractivity contribution >= 4 is 23.4 Å². The lowest BCUT2D eigenvalue weighted by atomic mass is 9.74. The molecule has 204 valence electrons. The van der Waals surface area contributed by atoms with Crippen molar-refractivity contribution in [2.75, 3.05) is 12.4 Å². The third kappa shape index (κ3) is 4.50. The first-order valence-corrected chi connectivity index (χ1v) is 13.9. The number of nitrogens with zero attached hydrogens (tertiary/aromatic N) is 1. The summed E-state index contributed by atoms with van der Waals surface area (Å²) in [7, 11) is 1.60. The van der Waals surface area contributed by atoms with Crippen molar-refractivity contribution < 1.29 is 23.9 Å². The normalized spacial score (nSPS) is 29.4. The van der Waals surface area contributed by atoms with Crippen molar-refractivity contribution in [3.63, 3.8) is 0 Å². The summed E-state index contributed by atoms with van der Waals surface area (Å²) in [5.41, 5.74) is 1.45. The van der Waals surface area contributed by atoms with Crippen molar-refractivity contribution in [1.29, 1.82) is 0 Å². The van der Waals surface area contributed by atoms with Gasteiger partial charge in [0.25, 0.3) is 0 Å². The Bertz CT molecular complexity index is 1280. The molecule has 1 aliphatic carbocycles. The standard InChI is InChI=1S/C31H35N3O5/c1-19-8-12-22(13-9-19)32-28(35)25-24-16-17-31(39-24)26(25)30(37)34(18-20-10-14-23(38-2)15-11-20)27(31)29(36)33-21-6-4-3-5-7-21/h8-17,21,24-27H,3-7,18H2,1-2H3,(H,32,35)(H,33,36)/t24-,25+,26-,27-,31+/m1/s1. The Balaban J connectivity index is 1.31. The summed E-state index contributed by atoms with van der Waals surface area (Å²) < 4.78 is 11.7. The molecule has 3 fully saturated rings. The second-order valence-corrected chi connectivity index (χ2v) is 11.2. The molecule has 8 heteroatoms. The molecule has 6 rings (SSSR count). The number of ether oxygens (including phenoxy) is 2. The molecule has 8 nitrogen and oxygen atoms in total. The van der Waals surface area contributed by atoms with Crippen LogP contribution in [0.5, 0.6) is 5.75 Å². The smallest absolute Gasteiger partial charge is 0.246 e. The molecule has 39 heavy (non-hydrogen) atoms. The van der Waals surface area contributed by atoms with E-state index < -0.39 is 29.6 Å². The van der Waals surface area contributed by atoms with E-state index in [9.17, 15) is 14.4 Å². The van der Waals surface area contributed by atoms with Crippen molar-refractivity contribution in [3.8, 4) is 5.75 Å². The molecule has 4 aliphatic rings. The Kier molecular flexibility index (Phi) is 6.67. The highest BCUT2D eigenvalue weighted by Crippen LogP contribution is 2.55. The van der Waals surface area contributed by atoms with Gasteiger partial charge in [-0.15, -0.1) is 0 Å². The Hall–Kier alpha value is -3.65. The van der Waals surface area contributed by atoms with E-state index in [2.05, 4.69) is 10.6 Å². The summed E-state index contributed by atoms with van der Waals surface area (Å²) in [5.74, 6) is -1.51. The maximum absolute atomic E-state index is 14.1. The third-order valence-electron chi connectivity index (χ3n) is 8.71. The number of anilines is 1. The number of nitrogens with one attached hydrogen (secondary N) is 2. The molecule has 3 amide bonds. The predicted molar refractivity (Wildman–Crippen MR) is 146 cm³/mol. The summed E-state index contributed by atoms with van der Waals surface area (Å²) in [6, 6.07) is 14.2. The van der Waals surface area contributed by atoms with Crippen LogP contribution in [-0.2, 0) is 25.7 Å². The van der Waals surface area contributed by atoms with Gasteiger partial charge in [-0.2, -0.15) is 0 Å². The van der Waals surface area contributed by atoms with E-state index >= 15 is 0 Å². The average Bonchev–Trinajstić information content (AvgIpc) is 3.58. The van der Waals surface area contributed by atoms with Gasteiger partial charge in [0.15, 0.2) is 0 Å². The zero-order chi connectivity index (χ0) is 27.1. The van der Waals surface area contributed by atoms with Crippen molar-refractivity contribution in [2.24, 2.45) is 11.8 Å². The van der Waals surface area contributed by atoms with Crippen LogP contribution in [0.15, 0.2) is 60.7 Å². The molecule has 2 aromatic carbocycles. The monoisotopic (exact) mass is 529 g/mol. The molecule has 2 aromatic rings. The fourth-order valence-corrected chi connectivity index (χ4v) is 6.75. The van der Waals surface area contributed by atoms with Crippen LogP contribution in [0.2, 0.25) is 0 Å². The lowest BCUT2D eigenvalue weighted by Crippen LogP contribution is -2.56. The molecular formula is C31H35N3O5. The number of carbonyl (C=O) groups is 3. The highest BCUT2D eigenvalue weighted by atomic mass is 16.5. The number of methoxy groups -OCH3 is 1. The zero-order valence-corrected chi connectivity index (χ0v) is 22.4. The molecule has 3 aliphatic heterocycles. The molecular weight excluding hydrogens is 494 g/mol. The maximum Gasteiger partial charge on any atom is 0.246 e. The van der Waals surface area contributed by atoms with E-state index in [0.717, 1.165) is 36.8 Å². The molecule has 0 aromatic heterocycles. The Labute approximate surface area is 228 Å². The van der Waals surface area contributed by atoms with E-state index in [1.54, 1.807) is 12.0 Å². The highest BCUT2D eigenvalue weighted by molar-refractivity contribution is 6.02. The quantitative estimate of drug-likeness (QED) is 0.533. The van der Waals surface area contributed by atoms with Gasteiger partial charge in [-0.3, -0.25) is 14.4 Å². The minimum absolute atomic E-state index is 0.0860. The molecule has 2 saturated heterocycles. The van der Waals surface area contributed by atoms with Crippen LogP contribution in [0.4, 0.5) is 5.69 Å². The molecule has 2 bridgehead atoms. The lowest BCUT2D eigenvalue weighted by Gasteiger charge is -2.34. The molecule has 5 atom stereocenters. The number of carbonyl (C=O) groups excluding carboxylic acids is 3. The fourth-order valence-electron chi connectivity index (χ4n) is 6.75. The van der Waals surface area contributed by atoms with Crippen LogP contribution in [-0.4, -0.2) is 53.5 Å². The fraction of sp³-hybridized carbons (Fsp3) is 0.452. The van der Waals surface area contributed by atoms with Gasteiger partial charge in [-0.05, 0) is 49.6 Å². The summed E-state index contributed by atoms with van der Waals surface area (Å²) in [6.45, 7) is 2.22. The average molecular weight is 530 g/mol. The van der Waals surface area contributed by atoms with E-state index in [1.165, 1.54) is 6.42 Å². The SMILES string of the molecule is COc1ccc(CN2C(=O)[C@H]3[C@@H](C(=O)Nc4ccc(C)cc4)[C@H]4C=C[C@@]3(O4)[C@H]2C(=O)NC2CCCCC2)cc1. The lowest BCUT2D eigenvalue weighted by molar-refractivity contribution is -0.142. The Morgan fingerprint density at radius 2 is 1.74 bits per heavy atom. The van der Waals surface area contributed by atoms with Gasteiger partial charge in [0.1, 0.15) is 17.4 Å². The van der Waals surface area contributed by atoms with Crippen LogP contribution in [0.1, 0.15) is 43.2 Å². The maximum atomic E-state index is 14.1. The number of hydrogen-bond acceptors (Lipinski definition) is 5. The van der Waals surface area contributed by atoms with E-state index in [4.69, 9.17) is 9.47 Å². The highest BCUT2D eigenvalue weighted by Gasteiger charge is 2.72. The van der Waals surface area contributed by atoms with Crippen LogP contribution in [0, 0.1) is 18.8 Å². The van der Waals surface area contributed by atoms with Gasteiger partial charge in [-0.1, -0.05) is 61.2 Å². The predicted octanol–water partition coefficient (Wildman–Crippen LogP) is 3.74. The van der Waals surface area contributed by atoms with E-state index in [0.29, 0.717) is 11.4 Å².